The van der Waals surface area contributed by atoms with Gasteiger partial charge in [-0.15, -0.1) is 10.2 Å². The molecule has 0 aromatic carbocycles. The van der Waals surface area contributed by atoms with E-state index in [1.54, 1.807) is 4.90 Å². The predicted octanol–water partition coefficient (Wildman–Crippen LogP) is 2.28. The van der Waals surface area contributed by atoms with Gasteiger partial charge in [0.25, 0.3) is 0 Å². The Kier molecular flexibility index (Phi) is 6.16. The lowest BCUT2D eigenvalue weighted by Crippen LogP contribution is -2.41. The molecular weight excluding hydrogens is 330 g/mol. The van der Waals surface area contributed by atoms with Gasteiger partial charge in [0.15, 0.2) is 0 Å². The SMILES string of the molecule is CC[C@@H](C)c1nnc(N2CCC(C(=O)N(C)C)CC2)n1C[C@H]1CCCO1. The maximum absolute atomic E-state index is 12.2. The molecule has 2 aliphatic heterocycles. The van der Waals surface area contributed by atoms with Crippen LogP contribution in [0.1, 0.15) is 57.7 Å². The average Bonchev–Trinajstić information content (AvgIpc) is 3.31. The van der Waals surface area contributed by atoms with Crippen LogP contribution in [-0.4, -0.2) is 65.5 Å². The zero-order chi connectivity index (χ0) is 18.7. The van der Waals surface area contributed by atoms with Crippen molar-refractivity contribution in [1.82, 2.24) is 19.7 Å². The number of amides is 1. The molecule has 2 aliphatic rings. The minimum absolute atomic E-state index is 0.129. The Morgan fingerprint density at radius 2 is 2.00 bits per heavy atom. The molecular formula is C19H33N5O2. The number of hydrogen-bond acceptors (Lipinski definition) is 5. The van der Waals surface area contributed by atoms with Crippen molar-refractivity contribution in [3.8, 4) is 0 Å². The lowest BCUT2D eigenvalue weighted by Gasteiger charge is -2.33. The second kappa shape index (κ2) is 8.37. The van der Waals surface area contributed by atoms with Gasteiger partial charge in [0.2, 0.25) is 11.9 Å². The molecule has 3 heterocycles. The highest BCUT2D eigenvalue weighted by Crippen LogP contribution is 2.28. The summed E-state index contributed by atoms with van der Waals surface area (Å²) in [5, 5.41) is 9.07. The highest BCUT2D eigenvalue weighted by atomic mass is 16.5. The fourth-order valence-electron chi connectivity index (χ4n) is 3.95. The summed E-state index contributed by atoms with van der Waals surface area (Å²) in [6.45, 7) is 7.80. The summed E-state index contributed by atoms with van der Waals surface area (Å²) >= 11 is 0. The fraction of sp³-hybridized carbons (Fsp3) is 0.842. The van der Waals surface area contributed by atoms with Crippen LogP contribution in [0.3, 0.4) is 0 Å². The van der Waals surface area contributed by atoms with Crippen LogP contribution < -0.4 is 4.90 Å². The van der Waals surface area contributed by atoms with E-state index in [4.69, 9.17) is 4.74 Å². The number of hydrogen-bond donors (Lipinski definition) is 0. The zero-order valence-electron chi connectivity index (χ0n) is 16.6. The lowest BCUT2D eigenvalue weighted by molar-refractivity contribution is -0.133. The summed E-state index contributed by atoms with van der Waals surface area (Å²) in [7, 11) is 3.68. The van der Waals surface area contributed by atoms with Crippen molar-refractivity contribution in [3.63, 3.8) is 0 Å². The topological polar surface area (TPSA) is 63.5 Å². The molecule has 1 amide bonds. The van der Waals surface area contributed by atoms with Gasteiger partial charge in [0, 0.05) is 45.6 Å². The molecule has 0 unspecified atom stereocenters. The maximum atomic E-state index is 12.2. The molecule has 26 heavy (non-hydrogen) atoms. The molecule has 0 spiro atoms. The van der Waals surface area contributed by atoms with E-state index in [-0.39, 0.29) is 17.9 Å². The summed E-state index contributed by atoms with van der Waals surface area (Å²) < 4.78 is 8.14. The van der Waals surface area contributed by atoms with Crippen LogP contribution in [0.4, 0.5) is 5.95 Å². The Balaban J connectivity index is 1.74. The number of carbonyl (C=O) groups is 1. The number of nitrogens with zero attached hydrogens (tertiary/aromatic N) is 5. The van der Waals surface area contributed by atoms with Gasteiger partial charge in [-0.25, -0.2) is 0 Å². The lowest BCUT2D eigenvalue weighted by atomic mass is 9.96. The van der Waals surface area contributed by atoms with Gasteiger partial charge in [-0.3, -0.25) is 9.36 Å². The molecule has 1 aromatic heterocycles. The van der Waals surface area contributed by atoms with E-state index >= 15 is 0 Å². The average molecular weight is 364 g/mol. The minimum Gasteiger partial charge on any atom is -0.376 e. The van der Waals surface area contributed by atoms with E-state index in [1.165, 1.54) is 0 Å². The Morgan fingerprint density at radius 3 is 2.58 bits per heavy atom. The van der Waals surface area contributed by atoms with Crippen LogP contribution in [0.25, 0.3) is 0 Å². The van der Waals surface area contributed by atoms with Crippen molar-refractivity contribution < 1.29 is 9.53 Å². The normalized spacial score (nSPS) is 22.6. The molecule has 3 rings (SSSR count). The molecule has 146 valence electrons. The second-order valence-corrected chi connectivity index (χ2v) is 7.91. The monoisotopic (exact) mass is 363 g/mol. The summed E-state index contributed by atoms with van der Waals surface area (Å²) in [5.74, 6) is 2.76. The summed E-state index contributed by atoms with van der Waals surface area (Å²) in [6.07, 6.45) is 5.31. The van der Waals surface area contributed by atoms with Crippen molar-refractivity contribution in [2.24, 2.45) is 5.92 Å². The van der Waals surface area contributed by atoms with Crippen LogP contribution in [0, 0.1) is 5.92 Å². The Labute approximate surface area is 156 Å². The highest BCUT2D eigenvalue weighted by Gasteiger charge is 2.30. The number of rotatable bonds is 6. The predicted molar refractivity (Wildman–Crippen MR) is 101 cm³/mol. The molecule has 2 saturated heterocycles. The number of anilines is 1. The van der Waals surface area contributed by atoms with Gasteiger partial charge in [0.05, 0.1) is 12.6 Å². The highest BCUT2D eigenvalue weighted by molar-refractivity contribution is 5.78. The second-order valence-electron chi connectivity index (χ2n) is 7.91. The molecule has 1 aromatic rings. The van der Waals surface area contributed by atoms with Gasteiger partial charge in [-0.05, 0) is 32.1 Å². The van der Waals surface area contributed by atoms with E-state index in [2.05, 4.69) is 33.5 Å². The van der Waals surface area contributed by atoms with Crippen molar-refractivity contribution in [2.45, 2.75) is 64.5 Å². The van der Waals surface area contributed by atoms with Gasteiger partial charge in [-0.1, -0.05) is 13.8 Å². The van der Waals surface area contributed by atoms with Gasteiger partial charge < -0.3 is 14.5 Å². The van der Waals surface area contributed by atoms with Crippen molar-refractivity contribution >= 4 is 11.9 Å². The van der Waals surface area contributed by atoms with E-state index in [9.17, 15) is 4.79 Å². The molecule has 7 heteroatoms. The summed E-state index contributed by atoms with van der Waals surface area (Å²) in [5.41, 5.74) is 0. The number of ether oxygens (including phenoxy) is 1. The third-order valence-electron chi connectivity index (χ3n) is 5.79. The summed E-state index contributed by atoms with van der Waals surface area (Å²) in [4.78, 5) is 16.2. The number of carbonyl (C=O) groups excluding carboxylic acids is 1. The largest absolute Gasteiger partial charge is 0.376 e. The van der Waals surface area contributed by atoms with E-state index in [1.807, 2.05) is 14.1 Å². The molecule has 0 N–H and O–H groups in total. The Morgan fingerprint density at radius 1 is 1.27 bits per heavy atom. The van der Waals surface area contributed by atoms with Crippen LogP contribution >= 0.6 is 0 Å². The van der Waals surface area contributed by atoms with E-state index in [0.717, 1.165) is 70.1 Å². The summed E-state index contributed by atoms with van der Waals surface area (Å²) in [6, 6.07) is 0. The van der Waals surface area contributed by atoms with E-state index < -0.39 is 0 Å². The number of aromatic nitrogens is 3. The minimum atomic E-state index is 0.129. The smallest absolute Gasteiger partial charge is 0.227 e. The maximum Gasteiger partial charge on any atom is 0.227 e. The Bertz CT molecular complexity index is 601. The first-order chi connectivity index (χ1) is 12.5. The molecule has 0 radical (unpaired) electrons. The molecule has 2 fully saturated rings. The van der Waals surface area contributed by atoms with Crippen LogP contribution in [0.15, 0.2) is 0 Å². The molecule has 7 nitrogen and oxygen atoms in total. The first kappa shape index (κ1) is 19.1. The zero-order valence-corrected chi connectivity index (χ0v) is 16.6. The molecule has 0 bridgehead atoms. The van der Waals surface area contributed by atoms with Crippen molar-refractivity contribution in [3.05, 3.63) is 5.82 Å². The fourth-order valence-corrected chi connectivity index (χ4v) is 3.95. The standard InChI is InChI=1S/C19H33N5O2/c1-5-14(2)17-20-21-19(24(17)13-16-7-6-12-26-16)23-10-8-15(9-11-23)18(25)22(3)4/h14-16H,5-13H2,1-4H3/t14-,16-/m1/s1. The van der Waals surface area contributed by atoms with Gasteiger partial charge in [0.1, 0.15) is 5.82 Å². The third-order valence-corrected chi connectivity index (χ3v) is 5.79. The number of piperidine rings is 1. The van der Waals surface area contributed by atoms with Crippen molar-refractivity contribution in [1.29, 1.82) is 0 Å². The van der Waals surface area contributed by atoms with Gasteiger partial charge in [-0.2, -0.15) is 0 Å². The third kappa shape index (κ3) is 4.03. The molecule has 2 atom stereocenters. The molecule has 0 aliphatic carbocycles. The van der Waals surface area contributed by atoms with Crippen LogP contribution in [0.2, 0.25) is 0 Å². The quantitative estimate of drug-likeness (QED) is 0.776. The van der Waals surface area contributed by atoms with Crippen LogP contribution in [-0.2, 0) is 16.1 Å². The van der Waals surface area contributed by atoms with E-state index in [0.29, 0.717) is 5.92 Å². The Hall–Kier alpha value is -1.63. The first-order valence-electron chi connectivity index (χ1n) is 10.0. The van der Waals surface area contributed by atoms with Crippen molar-refractivity contribution in [2.75, 3.05) is 38.7 Å². The first-order valence-corrected chi connectivity index (χ1v) is 10.0. The molecule has 0 saturated carbocycles. The van der Waals surface area contributed by atoms with Crippen LogP contribution in [0.5, 0.6) is 0 Å². The van der Waals surface area contributed by atoms with Gasteiger partial charge >= 0.3 is 0 Å².